The van der Waals surface area contributed by atoms with Gasteiger partial charge in [-0.1, -0.05) is 11.8 Å². The molecule has 2 heterocycles. The van der Waals surface area contributed by atoms with E-state index in [1.807, 2.05) is 13.0 Å². The number of nitrogens with zero attached hydrogens (tertiary/aromatic N) is 4. The second-order valence-electron chi connectivity index (χ2n) is 4.05. The summed E-state index contributed by atoms with van der Waals surface area (Å²) in [6, 6.07) is 1.84. The molecule has 8 nitrogen and oxygen atoms in total. The average molecular weight is 294 g/mol. The van der Waals surface area contributed by atoms with Gasteiger partial charge in [-0.3, -0.25) is 19.4 Å². The van der Waals surface area contributed by atoms with Crippen LogP contribution in [0.3, 0.4) is 0 Å². The number of nitrogens with one attached hydrogen (secondary N) is 2. The van der Waals surface area contributed by atoms with Gasteiger partial charge in [0.15, 0.2) is 5.16 Å². The summed E-state index contributed by atoms with van der Waals surface area (Å²) in [5.41, 5.74) is -0.684. The Morgan fingerprint density at radius 3 is 2.80 bits per heavy atom. The first-order chi connectivity index (χ1) is 9.49. The van der Waals surface area contributed by atoms with E-state index in [9.17, 15) is 9.59 Å². The van der Waals surface area contributed by atoms with Gasteiger partial charge in [0.2, 0.25) is 0 Å². The summed E-state index contributed by atoms with van der Waals surface area (Å²) in [7, 11) is 3.40. The molecule has 2 aromatic rings. The number of aryl methyl sites for hydroxylation is 2. The van der Waals surface area contributed by atoms with Crippen molar-refractivity contribution in [1.29, 1.82) is 0 Å². The second-order valence-corrected chi connectivity index (χ2v) is 4.99. The molecule has 0 fully saturated rings. The van der Waals surface area contributed by atoms with Crippen LogP contribution in [0.4, 0.5) is 5.82 Å². The molecule has 0 saturated carbocycles. The molecule has 0 aliphatic rings. The summed E-state index contributed by atoms with van der Waals surface area (Å²) in [4.78, 5) is 34.7. The lowest BCUT2D eigenvalue weighted by Crippen LogP contribution is -2.33. The lowest BCUT2D eigenvalue weighted by Gasteiger charge is -2.07. The fourth-order valence-electron chi connectivity index (χ4n) is 1.54. The summed E-state index contributed by atoms with van der Waals surface area (Å²) in [6.45, 7) is 1.88. The van der Waals surface area contributed by atoms with E-state index in [-0.39, 0.29) is 0 Å². The molecule has 106 valence electrons. The van der Waals surface area contributed by atoms with Crippen LogP contribution in [-0.2, 0) is 12.8 Å². The molecule has 9 heteroatoms. The summed E-state index contributed by atoms with van der Waals surface area (Å²) in [5, 5.41) is 5.75. The van der Waals surface area contributed by atoms with Crippen LogP contribution in [0.15, 0.2) is 20.8 Å². The van der Waals surface area contributed by atoms with Gasteiger partial charge in [0.1, 0.15) is 11.6 Å². The van der Waals surface area contributed by atoms with Crippen molar-refractivity contribution in [2.45, 2.75) is 17.8 Å². The average Bonchev–Trinajstić information content (AvgIpc) is 2.40. The number of thioether (sulfide) groups is 1. The number of aromatic amines is 1. The predicted octanol–water partition coefficient (Wildman–Crippen LogP) is -0.0990. The van der Waals surface area contributed by atoms with Crippen molar-refractivity contribution in [1.82, 2.24) is 24.7 Å². The fourth-order valence-corrected chi connectivity index (χ4v) is 2.32. The number of rotatable bonds is 4. The highest BCUT2D eigenvalue weighted by atomic mass is 32.2. The minimum atomic E-state index is -0.799. The molecule has 0 radical (unpaired) electrons. The highest BCUT2D eigenvalue weighted by Crippen LogP contribution is 2.17. The molecular weight excluding hydrogens is 280 g/mol. The van der Waals surface area contributed by atoms with E-state index >= 15 is 0 Å². The van der Waals surface area contributed by atoms with Crippen LogP contribution in [0, 0.1) is 6.92 Å². The normalized spacial score (nSPS) is 10.6. The van der Waals surface area contributed by atoms with Gasteiger partial charge in [0, 0.05) is 25.9 Å². The van der Waals surface area contributed by atoms with Crippen molar-refractivity contribution in [3.05, 3.63) is 38.3 Å². The molecule has 2 N–H and O–H groups in total. The highest BCUT2D eigenvalue weighted by Gasteiger charge is 2.07. The van der Waals surface area contributed by atoms with E-state index in [4.69, 9.17) is 0 Å². The number of hydrogen-bond donors (Lipinski definition) is 2. The lowest BCUT2D eigenvalue weighted by atomic mass is 10.4. The number of aromatic nitrogens is 5. The van der Waals surface area contributed by atoms with Gasteiger partial charge in [-0.05, 0) is 6.92 Å². The quantitative estimate of drug-likeness (QED) is 0.599. The fraction of sp³-hybridized carbons (Fsp3) is 0.364. The Hall–Kier alpha value is -2.16. The second kappa shape index (κ2) is 5.87. The van der Waals surface area contributed by atoms with Crippen LogP contribution in [0.25, 0.3) is 0 Å². The zero-order chi connectivity index (χ0) is 14.7. The lowest BCUT2D eigenvalue weighted by molar-refractivity contribution is 0.596. The van der Waals surface area contributed by atoms with Crippen molar-refractivity contribution < 1.29 is 0 Å². The molecule has 0 atom stereocenters. The van der Waals surface area contributed by atoms with Crippen LogP contribution in [0.1, 0.15) is 11.5 Å². The topological polar surface area (TPSA) is 106 Å². The minimum Gasteiger partial charge on any atom is -0.373 e. The third-order valence-electron chi connectivity index (χ3n) is 2.43. The SMILES string of the molecule is CNc1cc(C)nc(CSc2nc(=O)c(=O)[nH]n2C)n1. The summed E-state index contributed by atoms with van der Waals surface area (Å²) in [5.74, 6) is 1.80. The van der Waals surface area contributed by atoms with Crippen LogP contribution in [-0.4, -0.2) is 31.8 Å². The predicted molar refractivity (Wildman–Crippen MR) is 76.0 cm³/mol. The third-order valence-corrected chi connectivity index (χ3v) is 3.46. The Morgan fingerprint density at radius 2 is 2.10 bits per heavy atom. The monoisotopic (exact) mass is 294 g/mol. The molecule has 20 heavy (non-hydrogen) atoms. The zero-order valence-electron chi connectivity index (χ0n) is 11.3. The molecule has 0 amide bonds. The molecule has 0 saturated heterocycles. The smallest absolute Gasteiger partial charge is 0.339 e. The molecule has 0 bridgehead atoms. The maximum Gasteiger partial charge on any atom is 0.339 e. The van der Waals surface area contributed by atoms with Crippen LogP contribution in [0.2, 0.25) is 0 Å². The molecule has 0 aliphatic heterocycles. The van der Waals surface area contributed by atoms with Crippen LogP contribution < -0.4 is 16.4 Å². The number of anilines is 1. The van der Waals surface area contributed by atoms with Gasteiger partial charge < -0.3 is 5.32 Å². The zero-order valence-corrected chi connectivity index (χ0v) is 12.1. The highest BCUT2D eigenvalue weighted by molar-refractivity contribution is 7.98. The van der Waals surface area contributed by atoms with Gasteiger partial charge >= 0.3 is 11.1 Å². The molecule has 0 aliphatic carbocycles. The molecule has 0 aromatic carbocycles. The van der Waals surface area contributed by atoms with Crippen LogP contribution in [0.5, 0.6) is 0 Å². The molecule has 0 spiro atoms. The maximum absolute atomic E-state index is 11.2. The van der Waals surface area contributed by atoms with Crippen molar-refractivity contribution in [2.24, 2.45) is 7.05 Å². The van der Waals surface area contributed by atoms with Gasteiger partial charge in [-0.15, -0.1) is 0 Å². The first-order valence-electron chi connectivity index (χ1n) is 5.82. The first kappa shape index (κ1) is 14.3. The van der Waals surface area contributed by atoms with E-state index in [1.54, 1.807) is 14.1 Å². The van der Waals surface area contributed by atoms with Gasteiger partial charge in [-0.2, -0.15) is 4.98 Å². The standard InChI is InChI=1S/C11H14N6O2S/c1-6-4-7(12-2)14-8(13-6)5-20-11-15-9(18)10(19)16-17(11)3/h4H,5H2,1-3H3,(H,16,19)(H,12,13,14). The Balaban J connectivity index is 2.21. The Kier molecular flexibility index (Phi) is 4.18. The number of H-pyrrole nitrogens is 1. The first-order valence-corrected chi connectivity index (χ1v) is 6.80. The molecule has 0 unspecified atom stereocenters. The summed E-state index contributed by atoms with van der Waals surface area (Å²) >= 11 is 1.28. The maximum atomic E-state index is 11.2. The van der Waals surface area contributed by atoms with E-state index in [0.29, 0.717) is 16.7 Å². The van der Waals surface area contributed by atoms with E-state index in [1.165, 1.54) is 16.4 Å². The minimum absolute atomic E-state index is 0.408. The third kappa shape index (κ3) is 3.23. The Bertz CT molecular complexity index is 738. The number of hydrogen-bond acceptors (Lipinski definition) is 7. The van der Waals surface area contributed by atoms with E-state index in [2.05, 4.69) is 25.4 Å². The van der Waals surface area contributed by atoms with Crippen molar-refractivity contribution in [3.63, 3.8) is 0 Å². The molecule has 2 aromatic heterocycles. The van der Waals surface area contributed by atoms with Gasteiger partial charge in [-0.25, -0.2) is 9.97 Å². The Labute approximate surface area is 118 Å². The largest absolute Gasteiger partial charge is 0.373 e. The van der Waals surface area contributed by atoms with E-state index < -0.39 is 11.1 Å². The van der Waals surface area contributed by atoms with Crippen molar-refractivity contribution in [2.75, 3.05) is 12.4 Å². The summed E-state index contributed by atoms with van der Waals surface area (Å²) < 4.78 is 1.41. The Morgan fingerprint density at radius 1 is 1.35 bits per heavy atom. The molecular formula is C11H14N6O2S. The van der Waals surface area contributed by atoms with E-state index in [0.717, 1.165) is 11.5 Å². The van der Waals surface area contributed by atoms with Crippen molar-refractivity contribution in [3.8, 4) is 0 Å². The van der Waals surface area contributed by atoms with Gasteiger partial charge in [0.05, 0.1) is 5.75 Å². The van der Waals surface area contributed by atoms with Crippen molar-refractivity contribution >= 4 is 17.6 Å². The van der Waals surface area contributed by atoms with Crippen LogP contribution >= 0.6 is 11.8 Å². The van der Waals surface area contributed by atoms with Gasteiger partial charge in [0.25, 0.3) is 0 Å². The summed E-state index contributed by atoms with van der Waals surface area (Å²) in [6.07, 6.45) is 0. The molecule has 2 rings (SSSR count).